The van der Waals surface area contributed by atoms with Crippen molar-refractivity contribution in [2.24, 2.45) is 0 Å². The molecule has 1 aliphatic carbocycles. The lowest BCUT2D eigenvalue weighted by Gasteiger charge is -2.25. The summed E-state index contributed by atoms with van der Waals surface area (Å²) in [6.45, 7) is 3.98. The largest absolute Gasteiger partial charge is 0.438 e. The van der Waals surface area contributed by atoms with E-state index in [0.717, 1.165) is 71.7 Å². The fourth-order valence-corrected chi connectivity index (χ4v) is 4.53. The molecule has 1 saturated carbocycles. The summed E-state index contributed by atoms with van der Waals surface area (Å²) in [4.78, 5) is 9.53. The molecule has 148 valence electrons. The summed E-state index contributed by atoms with van der Waals surface area (Å²) in [7, 11) is 4.29. The van der Waals surface area contributed by atoms with Gasteiger partial charge in [0.15, 0.2) is 11.5 Å². The van der Waals surface area contributed by atoms with E-state index in [1.807, 2.05) is 6.07 Å². The van der Waals surface area contributed by atoms with Crippen LogP contribution in [0.25, 0.3) is 22.2 Å². The van der Waals surface area contributed by atoms with E-state index in [1.165, 1.54) is 0 Å². The normalized spacial score (nSPS) is 19.3. The Labute approximate surface area is 171 Å². The monoisotopic (exact) mass is 386 g/mol. The van der Waals surface area contributed by atoms with Crippen LogP contribution >= 0.6 is 0 Å². The molecule has 2 aromatic carbocycles. The Morgan fingerprint density at radius 2 is 1.93 bits per heavy atom. The number of nitrogens with zero attached hydrogens (tertiary/aromatic N) is 4. The number of likely N-dealkylation sites (N-methyl/N-ethyl adjacent to an activating group) is 1. The molecule has 5 heteroatoms. The van der Waals surface area contributed by atoms with Gasteiger partial charge >= 0.3 is 0 Å². The van der Waals surface area contributed by atoms with Crippen LogP contribution in [0.5, 0.6) is 0 Å². The van der Waals surface area contributed by atoms with Gasteiger partial charge < -0.3 is 14.2 Å². The number of anilines is 1. The van der Waals surface area contributed by atoms with Crippen molar-refractivity contribution in [3.05, 3.63) is 47.3 Å². The van der Waals surface area contributed by atoms with Crippen LogP contribution in [-0.4, -0.2) is 43.1 Å². The molecule has 0 bridgehead atoms. The van der Waals surface area contributed by atoms with Gasteiger partial charge in [-0.2, -0.15) is 5.26 Å². The van der Waals surface area contributed by atoms with E-state index >= 15 is 0 Å². The Balaban J connectivity index is 1.79. The van der Waals surface area contributed by atoms with Crippen LogP contribution < -0.4 is 4.90 Å². The Morgan fingerprint density at radius 3 is 2.55 bits per heavy atom. The molecule has 1 aromatic heterocycles. The molecule has 5 rings (SSSR count). The molecule has 1 unspecified atom stereocenters. The smallest absolute Gasteiger partial charge is 0.198 e. The first-order chi connectivity index (χ1) is 14.1. The van der Waals surface area contributed by atoms with Crippen molar-refractivity contribution in [2.75, 3.05) is 32.1 Å². The lowest BCUT2D eigenvalue weighted by molar-refractivity contribution is 0.315. The average molecular weight is 386 g/mol. The first kappa shape index (κ1) is 18.2. The third-order valence-electron chi connectivity index (χ3n) is 6.39. The van der Waals surface area contributed by atoms with Gasteiger partial charge in [0.05, 0.1) is 11.3 Å². The molecule has 1 aliphatic heterocycles. The van der Waals surface area contributed by atoms with Gasteiger partial charge in [0, 0.05) is 30.6 Å². The number of nitriles is 1. The number of hydrogen-bond acceptors (Lipinski definition) is 5. The molecule has 1 saturated heterocycles. The Kier molecular flexibility index (Phi) is 4.33. The van der Waals surface area contributed by atoms with E-state index in [0.29, 0.717) is 17.5 Å². The molecule has 29 heavy (non-hydrogen) atoms. The summed E-state index contributed by atoms with van der Waals surface area (Å²) in [6, 6.07) is 13.3. The Hall–Kier alpha value is -2.84. The maximum Gasteiger partial charge on any atom is 0.198 e. The average Bonchev–Trinajstić information content (AvgIpc) is 3.29. The zero-order valence-corrected chi connectivity index (χ0v) is 17.3. The third-order valence-corrected chi connectivity index (χ3v) is 6.39. The molecule has 0 amide bonds. The number of rotatable bonds is 4. The van der Waals surface area contributed by atoms with Gasteiger partial charge in [0.25, 0.3) is 0 Å². The molecule has 2 fully saturated rings. The minimum atomic E-state index is 0.412. The number of aromatic nitrogens is 1. The number of oxazole rings is 1. The second-order valence-electron chi connectivity index (χ2n) is 8.56. The van der Waals surface area contributed by atoms with E-state index < -0.39 is 0 Å². The fraction of sp³-hybridized carbons (Fsp3) is 0.417. The second-order valence-corrected chi connectivity index (χ2v) is 8.56. The van der Waals surface area contributed by atoms with E-state index in [-0.39, 0.29) is 0 Å². The van der Waals surface area contributed by atoms with E-state index in [9.17, 15) is 5.26 Å². The molecule has 3 aromatic rings. The number of hydrogen-bond donors (Lipinski definition) is 0. The van der Waals surface area contributed by atoms with E-state index in [4.69, 9.17) is 9.40 Å². The van der Waals surface area contributed by atoms with Gasteiger partial charge in [-0.15, -0.1) is 0 Å². The molecule has 2 aliphatic rings. The predicted octanol–water partition coefficient (Wildman–Crippen LogP) is 4.69. The van der Waals surface area contributed by atoms with Crippen molar-refractivity contribution < 1.29 is 4.42 Å². The standard InChI is InChI=1S/C24H26N4O/c1-15-19(13-25)21-23(29-24(26-21)17-9-10-17)22(20(15)16-7-5-4-6-8-16)28-12-11-18(14-28)27(2)3/h4-8,17-18H,9-12,14H2,1-3H3. The topological polar surface area (TPSA) is 56.3 Å². The minimum absolute atomic E-state index is 0.412. The zero-order valence-electron chi connectivity index (χ0n) is 17.3. The SMILES string of the molecule is Cc1c(-c2ccccc2)c(N2CCC(N(C)C)C2)c2oc(C3CC3)nc2c1C#N. The Bertz CT molecular complexity index is 1110. The molecule has 2 heterocycles. The molecular formula is C24H26N4O. The quantitative estimate of drug-likeness (QED) is 0.651. The highest BCUT2D eigenvalue weighted by Crippen LogP contribution is 2.47. The maximum absolute atomic E-state index is 9.97. The summed E-state index contributed by atoms with van der Waals surface area (Å²) in [6.07, 6.45) is 3.37. The second kappa shape index (κ2) is 6.89. The molecule has 0 N–H and O–H groups in total. The molecule has 0 spiro atoms. The van der Waals surface area contributed by atoms with Crippen LogP contribution in [0, 0.1) is 18.3 Å². The van der Waals surface area contributed by atoms with Gasteiger partial charge in [-0.25, -0.2) is 4.98 Å². The van der Waals surface area contributed by atoms with Crippen LogP contribution in [0.2, 0.25) is 0 Å². The summed E-state index contributed by atoms with van der Waals surface area (Å²) in [5.74, 6) is 1.21. The first-order valence-electron chi connectivity index (χ1n) is 10.4. The number of fused-ring (bicyclic) bond motifs is 1. The van der Waals surface area contributed by atoms with Gasteiger partial charge in [0.2, 0.25) is 0 Å². The number of benzene rings is 2. The van der Waals surface area contributed by atoms with Gasteiger partial charge in [-0.3, -0.25) is 0 Å². The van der Waals surface area contributed by atoms with Crippen molar-refractivity contribution >= 4 is 16.8 Å². The van der Waals surface area contributed by atoms with Gasteiger partial charge in [-0.05, 0) is 51.4 Å². The highest BCUT2D eigenvalue weighted by atomic mass is 16.4. The summed E-state index contributed by atoms with van der Waals surface area (Å²) in [5, 5.41) is 9.97. The van der Waals surface area contributed by atoms with E-state index in [1.54, 1.807) is 0 Å². The van der Waals surface area contributed by atoms with Crippen LogP contribution in [-0.2, 0) is 0 Å². The predicted molar refractivity (Wildman–Crippen MR) is 115 cm³/mol. The summed E-state index contributed by atoms with van der Waals surface area (Å²) < 4.78 is 6.37. The van der Waals surface area contributed by atoms with Crippen molar-refractivity contribution in [1.82, 2.24) is 9.88 Å². The zero-order chi connectivity index (χ0) is 20.1. The summed E-state index contributed by atoms with van der Waals surface area (Å²) >= 11 is 0. The van der Waals surface area contributed by atoms with Gasteiger partial charge in [0.1, 0.15) is 11.6 Å². The fourth-order valence-electron chi connectivity index (χ4n) is 4.53. The molecular weight excluding hydrogens is 360 g/mol. The summed E-state index contributed by atoms with van der Waals surface area (Å²) in [5.41, 5.74) is 6.48. The Morgan fingerprint density at radius 1 is 1.17 bits per heavy atom. The highest BCUT2D eigenvalue weighted by Gasteiger charge is 2.34. The van der Waals surface area contributed by atoms with Crippen LogP contribution in [0.1, 0.15) is 42.2 Å². The van der Waals surface area contributed by atoms with Gasteiger partial charge in [-0.1, -0.05) is 30.3 Å². The van der Waals surface area contributed by atoms with Crippen molar-refractivity contribution in [1.29, 1.82) is 5.26 Å². The van der Waals surface area contributed by atoms with E-state index in [2.05, 4.69) is 61.2 Å². The first-order valence-corrected chi connectivity index (χ1v) is 10.4. The molecule has 5 nitrogen and oxygen atoms in total. The maximum atomic E-state index is 9.97. The van der Waals surface area contributed by atoms with Crippen molar-refractivity contribution in [2.45, 2.75) is 38.1 Å². The van der Waals surface area contributed by atoms with Crippen molar-refractivity contribution in [3.63, 3.8) is 0 Å². The lowest BCUT2D eigenvalue weighted by Crippen LogP contribution is -2.31. The van der Waals surface area contributed by atoms with Crippen LogP contribution in [0.3, 0.4) is 0 Å². The molecule has 1 atom stereocenters. The lowest BCUT2D eigenvalue weighted by atomic mass is 9.93. The minimum Gasteiger partial charge on any atom is -0.438 e. The van der Waals surface area contributed by atoms with Crippen molar-refractivity contribution in [3.8, 4) is 17.2 Å². The molecule has 0 radical (unpaired) electrons. The van der Waals surface area contributed by atoms with Crippen LogP contribution in [0.15, 0.2) is 34.7 Å². The van der Waals surface area contributed by atoms with Crippen LogP contribution in [0.4, 0.5) is 5.69 Å². The highest BCUT2D eigenvalue weighted by molar-refractivity contribution is 6.02. The third kappa shape index (κ3) is 2.99.